The van der Waals surface area contributed by atoms with Crippen LogP contribution >= 0.6 is 0 Å². The molecular weight excluding hydrogens is 609 g/mol. The predicted molar refractivity (Wildman–Crippen MR) is 210 cm³/mol. The summed E-state index contributed by atoms with van der Waals surface area (Å²) in [7, 11) is 0. The summed E-state index contributed by atoms with van der Waals surface area (Å²) in [6.45, 7) is 0. The summed E-state index contributed by atoms with van der Waals surface area (Å²) in [6, 6.07) is 64.5. The minimum absolute atomic E-state index is 0.782. The Morgan fingerprint density at radius 3 is 1.80 bits per heavy atom. The summed E-state index contributed by atoms with van der Waals surface area (Å²) in [5, 5.41) is 7.08. The quantitative estimate of drug-likeness (QED) is 0.176. The van der Waals surface area contributed by atoms with Crippen molar-refractivity contribution in [2.45, 2.75) is 0 Å². The van der Waals surface area contributed by atoms with Gasteiger partial charge in [0.25, 0.3) is 0 Å². The number of nitrogens with zero attached hydrogens (tertiary/aromatic N) is 2. The molecule has 0 spiro atoms. The Hall–Kier alpha value is -6.71. The van der Waals surface area contributed by atoms with Crippen molar-refractivity contribution in [3.05, 3.63) is 182 Å². The lowest BCUT2D eigenvalue weighted by atomic mass is 9.93. The molecule has 10 rings (SSSR count). The smallest absolute Gasteiger partial charge is 0.161 e. The molecular formula is C47H30N2O. The van der Waals surface area contributed by atoms with Gasteiger partial charge in [0.15, 0.2) is 11.2 Å². The van der Waals surface area contributed by atoms with Crippen LogP contribution in [-0.2, 0) is 0 Å². The lowest BCUT2D eigenvalue weighted by molar-refractivity contribution is 0.669. The Balaban J connectivity index is 1.15. The van der Waals surface area contributed by atoms with Crippen LogP contribution in [0.2, 0.25) is 0 Å². The molecule has 0 bridgehead atoms. The second kappa shape index (κ2) is 11.5. The summed E-state index contributed by atoms with van der Waals surface area (Å²) in [6.07, 6.45) is 0. The molecule has 50 heavy (non-hydrogen) atoms. The fourth-order valence-electron chi connectivity index (χ4n) is 7.42. The molecule has 0 atom stereocenters. The molecule has 0 N–H and O–H groups in total. The monoisotopic (exact) mass is 638 g/mol. The number of benzene rings is 8. The van der Waals surface area contributed by atoms with Gasteiger partial charge in [-0.1, -0.05) is 127 Å². The normalized spacial score (nSPS) is 11.6. The number of hydrogen-bond donors (Lipinski definition) is 0. The molecule has 0 saturated heterocycles. The molecule has 0 fully saturated rings. The molecule has 0 aliphatic rings. The van der Waals surface area contributed by atoms with Crippen molar-refractivity contribution in [3.63, 3.8) is 0 Å². The van der Waals surface area contributed by atoms with E-state index in [4.69, 9.17) is 9.40 Å². The standard InChI is InChI=1S/C47H30N2O/c1-2-11-31(12-3-1)32-21-25-36(26-22-32)49(44-20-10-18-41-46-45(50-47(41)44)30-35-14-5-9-19-43(35)48-46)37-27-23-33(24-28-37)42-29-34-13-4-6-15-38(34)39-16-7-8-17-40(39)42/h1-30H. The van der Waals surface area contributed by atoms with Crippen molar-refractivity contribution in [2.24, 2.45) is 0 Å². The summed E-state index contributed by atoms with van der Waals surface area (Å²) >= 11 is 0. The molecule has 2 heterocycles. The van der Waals surface area contributed by atoms with Crippen molar-refractivity contribution in [3.8, 4) is 22.3 Å². The number of pyridine rings is 1. The van der Waals surface area contributed by atoms with Gasteiger partial charge in [-0.25, -0.2) is 4.98 Å². The van der Waals surface area contributed by atoms with E-state index in [9.17, 15) is 0 Å². The number of aromatic nitrogens is 1. The highest BCUT2D eigenvalue weighted by Gasteiger charge is 2.21. The third-order valence-electron chi connectivity index (χ3n) is 9.83. The van der Waals surface area contributed by atoms with E-state index in [1.54, 1.807) is 0 Å². The summed E-state index contributed by atoms with van der Waals surface area (Å²) < 4.78 is 6.69. The molecule has 0 aliphatic heterocycles. The van der Waals surface area contributed by atoms with Gasteiger partial charge in [0.2, 0.25) is 0 Å². The summed E-state index contributed by atoms with van der Waals surface area (Å²) in [4.78, 5) is 7.33. The van der Waals surface area contributed by atoms with Crippen LogP contribution in [0.15, 0.2) is 186 Å². The number of rotatable bonds is 5. The Morgan fingerprint density at radius 2 is 1.02 bits per heavy atom. The van der Waals surface area contributed by atoms with Gasteiger partial charge in [-0.15, -0.1) is 0 Å². The molecule has 2 aromatic heterocycles. The van der Waals surface area contributed by atoms with E-state index in [0.29, 0.717) is 0 Å². The number of para-hydroxylation sites is 2. The van der Waals surface area contributed by atoms with Crippen LogP contribution in [0.5, 0.6) is 0 Å². The molecule has 3 nitrogen and oxygen atoms in total. The number of anilines is 3. The fourth-order valence-corrected chi connectivity index (χ4v) is 7.42. The van der Waals surface area contributed by atoms with E-state index in [2.05, 4.69) is 175 Å². The molecule has 234 valence electrons. The second-order valence-electron chi connectivity index (χ2n) is 12.8. The zero-order chi connectivity index (χ0) is 33.0. The molecule has 0 saturated carbocycles. The molecule has 8 aromatic carbocycles. The highest BCUT2D eigenvalue weighted by Crippen LogP contribution is 2.43. The molecule has 0 radical (unpaired) electrons. The van der Waals surface area contributed by atoms with Crippen LogP contribution in [0.1, 0.15) is 0 Å². The summed E-state index contributed by atoms with van der Waals surface area (Å²) in [5.74, 6) is 0. The van der Waals surface area contributed by atoms with E-state index in [1.165, 1.54) is 43.8 Å². The van der Waals surface area contributed by atoms with Gasteiger partial charge < -0.3 is 9.32 Å². The van der Waals surface area contributed by atoms with E-state index in [-0.39, 0.29) is 0 Å². The average molecular weight is 639 g/mol. The molecule has 10 aromatic rings. The van der Waals surface area contributed by atoms with Gasteiger partial charge in [-0.05, 0) is 98.4 Å². The first kappa shape index (κ1) is 28.3. The predicted octanol–water partition coefficient (Wildman–Crippen LogP) is 13.2. The fraction of sp³-hybridized carbons (Fsp3) is 0. The third kappa shape index (κ3) is 4.63. The zero-order valence-corrected chi connectivity index (χ0v) is 27.1. The molecule has 0 aliphatic carbocycles. The maximum absolute atomic E-state index is 6.69. The number of furan rings is 1. The Kier molecular flexibility index (Phi) is 6.49. The Morgan fingerprint density at radius 1 is 0.420 bits per heavy atom. The van der Waals surface area contributed by atoms with Gasteiger partial charge in [0.05, 0.1) is 11.2 Å². The largest absolute Gasteiger partial charge is 0.452 e. The maximum Gasteiger partial charge on any atom is 0.161 e. The van der Waals surface area contributed by atoms with Crippen molar-refractivity contribution in [2.75, 3.05) is 4.90 Å². The highest BCUT2D eigenvalue weighted by molar-refractivity contribution is 6.14. The Labute approximate surface area is 289 Å². The first-order valence-electron chi connectivity index (χ1n) is 17.0. The lowest BCUT2D eigenvalue weighted by Crippen LogP contribution is -2.10. The van der Waals surface area contributed by atoms with Gasteiger partial charge in [-0.2, -0.15) is 0 Å². The third-order valence-corrected chi connectivity index (χ3v) is 9.83. The minimum Gasteiger partial charge on any atom is -0.452 e. The van der Waals surface area contributed by atoms with E-state index >= 15 is 0 Å². The molecule has 3 heteroatoms. The van der Waals surface area contributed by atoms with Crippen molar-refractivity contribution < 1.29 is 4.42 Å². The average Bonchev–Trinajstić information content (AvgIpc) is 3.56. The Bertz CT molecular complexity index is 2850. The zero-order valence-electron chi connectivity index (χ0n) is 27.1. The van der Waals surface area contributed by atoms with Crippen LogP contribution < -0.4 is 4.90 Å². The van der Waals surface area contributed by atoms with E-state index in [1.807, 2.05) is 12.1 Å². The van der Waals surface area contributed by atoms with Gasteiger partial charge >= 0.3 is 0 Å². The first-order valence-corrected chi connectivity index (χ1v) is 17.0. The lowest BCUT2D eigenvalue weighted by Gasteiger charge is -2.26. The van der Waals surface area contributed by atoms with Crippen LogP contribution in [0.25, 0.3) is 76.8 Å². The second-order valence-corrected chi connectivity index (χ2v) is 12.8. The first-order chi connectivity index (χ1) is 24.8. The van der Waals surface area contributed by atoms with Crippen LogP contribution in [0, 0.1) is 0 Å². The van der Waals surface area contributed by atoms with Crippen LogP contribution in [-0.4, -0.2) is 4.98 Å². The molecule has 0 amide bonds. The SMILES string of the molecule is c1ccc(-c2ccc(N(c3ccc(-c4cc5ccccc5c5ccccc45)cc3)c3cccc4c3oc3cc5ccccc5nc34)cc2)cc1. The number of fused-ring (bicyclic) bond motifs is 7. The van der Waals surface area contributed by atoms with E-state index in [0.717, 1.165) is 50.0 Å². The van der Waals surface area contributed by atoms with Gasteiger partial charge in [0.1, 0.15) is 5.52 Å². The van der Waals surface area contributed by atoms with Crippen LogP contribution in [0.4, 0.5) is 17.1 Å². The van der Waals surface area contributed by atoms with E-state index < -0.39 is 0 Å². The maximum atomic E-state index is 6.69. The number of hydrogen-bond acceptors (Lipinski definition) is 3. The topological polar surface area (TPSA) is 29.3 Å². The summed E-state index contributed by atoms with van der Waals surface area (Å²) in [5.41, 5.74) is 11.2. The molecule has 0 unspecified atom stereocenters. The van der Waals surface area contributed by atoms with Gasteiger partial charge in [0, 0.05) is 22.1 Å². The van der Waals surface area contributed by atoms with Gasteiger partial charge in [-0.3, -0.25) is 0 Å². The van der Waals surface area contributed by atoms with Crippen molar-refractivity contribution >= 4 is 71.6 Å². The van der Waals surface area contributed by atoms with Crippen molar-refractivity contribution in [1.82, 2.24) is 4.98 Å². The highest BCUT2D eigenvalue weighted by atomic mass is 16.3. The minimum atomic E-state index is 0.782. The van der Waals surface area contributed by atoms with Crippen molar-refractivity contribution in [1.29, 1.82) is 0 Å². The van der Waals surface area contributed by atoms with Crippen LogP contribution in [0.3, 0.4) is 0 Å².